The van der Waals surface area contributed by atoms with Gasteiger partial charge in [-0.3, -0.25) is 4.79 Å². The Labute approximate surface area is 129 Å². The van der Waals surface area contributed by atoms with E-state index in [-0.39, 0.29) is 17.6 Å². The number of carbonyl (C=O) groups excluding carboxylic acids is 1. The van der Waals surface area contributed by atoms with E-state index in [0.717, 1.165) is 12.0 Å². The highest BCUT2D eigenvalue weighted by Gasteiger charge is 2.43. The summed E-state index contributed by atoms with van der Waals surface area (Å²) in [7, 11) is 0. The number of phenolic OH excluding ortho intramolecular Hbond substituents is 1. The molecule has 0 heterocycles. The molecule has 0 aromatic heterocycles. The minimum Gasteiger partial charge on any atom is -0.508 e. The zero-order chi connectivity index (χ0) is 15.5. The number of hydrogen-bond donors (Lipinski definition) is 2. The average molecular weight is 294 g/mol. The second-order valence-electron chi connectivity index (χ2n) is 5.58. The number of amides is 1. The van der Waals surface area contributed by atoms with Crippen molar-refractivity contribution in [1.29, 1.82) is 0 Å². The standard InChI is InChI=1S/C18H18N2O2/c1-12(13-7-9-15(21)10-8-13)19-20-18(22)17-11-16(17)14-5-3-2-4-6-14/h2-10,16-17,21H,11H2,1H3,(H,20,22)/b19-12-/t16-,17-/m0/s1. The number of hydrogen-bond acceptors (Lipinski definition) is 3. The lowest BCUT2D eigenvalue weighted by molar-refractivity contribution is -0.122. The minimum atomic E-state index is -0.0352. The van der Waals surface area contributed by atoms with Crippen molar-refractivity contribution < 1.29 is 9.90 Å². The number of carbonyl (C=O) groups is 1. The van der Waals surface area contributed by atoms with E-state index in [2.05, 4.69) is 22.7 Å². The van der Waals surface area contributed by atoms with Crippen molar-refractivity contribution in [1.82, 2.24) is 5.43 Å². The predicted molar refractivity (Wildman–Crippen MR) is 85.8 cm³/mol. The maximum Gasteiger partial charge on any atom is 0.243 e. The Hall–Kier alpha value is -2.62. The van der Waals surface area contributed by atoms with Gasteiger partial charge in [0, 0.05) is 5.92 Å². The number of hydrazone groups is 1. The zero-order valence-corrected chi connectivity index (χ0v) is 12.4. The van der Waals surface area contributed by atoms with E-state index in [1.54, 1.807) is 24.3 Å². The summed E-state index contributed by atoms with van der Waals surface area (Å²) >= 11 is 0. The fourth-order valence-electron chi connectivity index (χ4n) is 2.54. The van der Waals surface area contributed by atoms with Crippen LogP contribution in [0.25, 0.3) is 0 Å². The number of phenols is 1. The van der Waals surface area contributed by atoms with Gasteiger partial charge in [0.05, 0.1) is 5.71 Å². The summed E-state index contributed by atoms with van der Waals surface area (Å²) in [6.45, 7) is 1.83. The van der Waals surface area contributed by atoms with Crippen LogP contribution in [0.15, 0.2) is 59.7 Å². The Bertz CT molecular complexity index is 693. The Morgan fingerprint density at radius 2 is 1.82 bits per heavy atom. The second kappa shape index (κ2) is 6.02. The van der Waals surface area contributed by atoms with Crippen LogP contribution in [0.4, 0.5) is 0 Å². The van der Waals surface area contributed by atoms with Gasteiger partial charge in [0.25, 0.3) is 0 Å². The lowest BCUT2D eigenvalue weighted by atomic mass is 10.1. The molecule has 4 nitrogen and oxygen atoms in total. The van der Waals surface area contributed by atoms with E-state index in [1.807, 2.05) is 25.1 Å². The minimum absolute atomic E-state index is 0.0127. The summed E-state index contributed by atoms with van der Waals surface area (Å²) in [5.74, 6) is 0.500. The van der Waals surface area contributed by atoms with Crippen LogP contribution in [0.1, 0.15) is 30.4 Å². The average Bonchev–Trinajstić information content (AvgIpc) is 3.34. The van der Waals surface area contributed by atoms with Crippen LogP contribution in [0, 0.1) is 5.92 Å². The molecule has 1 fully saturated rings. The van der Waals surface area contributed by atoms with Gasteiger partial charge < -0.3 is 5.11 Å². The Morgan fingerprint density at radius 3 is 2.50 bits per heavy atom. The molecule has 0 bridgehead atoms. The van der Waals surface area contributed by atoms with Gasteiger partial charge in [-0.1, -0.05) is 30.3 Å². The van der Waals surface area contributed by atoms with Gasteiger partial charge in [-0.15, -0.1) is 0 Å². The molecule has 2 aromatic carbocycles. The van der Waals surface area contributed by atoms with Crippen molar-refractivity contribution in [3.63, 3.8) is 0 Å². The maximum atomic E-state index is 12.1. The van der Waals surface area contributed by atoms with Crippen molar-refractivity contribution in [2.75, 3.05) is 0 Å². The largest absolute Gasteiger partial charge is 0.508 e. The number of nitrogens with one attached hydrogen (secondary N) is 1. The summed E-state index contributed by atoms with van der Waals surface area (Å²) < 4.78 is 0. The van der Waals surface area contributed by atoms with Crippen molar-refractivity contribution in [3.05, 3.63) is 65.7 Å². The summed E-state index contributed by atoms with van der Waals surface area (Å²) in [6, 6.07) is 16.8. The highest BCUT2D eigenvalue weighted by molar-refractivity contribution is 5.99. The molecule has 1 aliphatic carbocycles. The SMILES string of the molecule is C/C(=N/NC(=O)[C@H]1C[C@H]1c1ccccc1)c1ccc(O)cc1. The lowest BCUT2D eigenvalue weighted by Crippen LogP contribution is -2.21. The highest BCUT2D eigenvalue weighted by Crippen LogP contribution is 2.47. The third-order valence-corrected chi connectivity index (χ3v) is 3.97. The molecule has 0 aliphatic heterocycles. The fraction of sp³-hybridized carbons (Fsp3) is 0.222. The summed E-state index contributed by atoms with van der Waals surface area (Å²) in [4.78, 5) is 12.1. The van der Waals surface area contributed by atoms with Gasteiger partial charge in [-0.05, 0) is 54.7 Å². The molecule has 22 heavy (non-hydrogen) atoms. The molecule has 112 valence electrons. The van der Waals surface area contributed by atoms with E-state index in [0.29, 0.717) is 11.6 Å². The molecule has 0 radical (unpaired) electrons. The van der Waals surface area contributed by atoms with E-state index in [4.69, 9.17) is 0 Å². The molecule has 2 atom stereocenters. The van der Waals surface area contributed by atoms with E-state index < -0.39 is 0 Å². The first-order chi connectivity index (χ1) is 10.6. The smallest absolute Gasteiger partial charge is 0.243 e. The summed E-state index contributed by atoms with van der Waals surface area (Å²) in [6.07, 6.45) is 0.879. The quantitative estimate of drug-likeness (QED) is 0.672. The fourth-order valence-corrected chi connectivity index (χ4v) is 2.54. The Balaban J connectivity index is 1.59. The van der Waals surface area contributed by atoms with Crippen molar-refractivity contribution >= 4 is 11.6 Å². The van der Waals surface area contributed by atoms with Gasteiger partial charge in [0.15, 0.2) is 0 Å². The number of aromatic hydroxyl groups is 1. The van der Waals surface area contributed by atoms with Crippen LogP contribution < -0.4 is 5.43 Å². The maximum absolute atomic E-state index is 12.1. The van der Waals surface area contributed by atoms with Crippen molar-refractivity contribution in [2.45, 2.75) is 19.3 Å². The topological polar surface area (TPSA) is 61.7 Å². The second-order valence-corrected chi connectivity index (χ2v) is 5.58. The summed E-state index contributed by atoms with van der Waals surface area (Å²) in [5.41, 5.74) is 5.44. The van der Waals surface area contributed by atoms with Crippen molar-refractivity contribution in [3.8, 4) is 5.75 Å². The molecule has 1 saturated carbocycles. The van der Waals surface area contributed by atoms with E-state index in [9.17, 15) is 9.90 Å². The van der Waals surface area contributed by atoms with Crippen LogP contribution in [0.3, 0.4) is 0 Å². The van der Waals surface area contributed by atoms with Gasteiger partial charge in [-0.25, -0.2) is 5.43 Å². The van der Waals surface area contributed by atoms with Gasteiger partial charge in [0.1, 0.15) is 5.75 Å². The van der Waals surface area contributed by atoms with E-state index in [1.165, 1.54) is 5.56 Å². The van der Waals surface area contributed by atoms with Crippen LogP contribution in [0.2, 0.25) is 0 Å². The molecule has 2 aromatic rings. The molecule has 0 spiro atoms. The Morgan fingerprint density at radius 1 is 1.14 bits per heavy atom. The molecule has 0 unspecified atom stereocenters. The normalized spacial score (nSPS) is 20.5. The first-order valence-electron chi connectivity index (χ1n) is 7.33. The first-order valence-corrected chi connectivity index (χ1v) is 7.33. The summed E-state index contributed by atoms with van der Waals surface area (Å²) in [5, 5.41) is 13.4. The predicted octanol–water partition coefficient (Wildman–Crippen LogP) is 3.04. The Kier molecular flexibility index (Phi) is 3.92. The van der Waals surface area contributed by atoms with Crippen molar-refractivity contribution in [2.24, 2.45) is 11.0 Å². The van der Waals surface area contributed by atoms with Crippen LogP contribution in [0.5, 0.6) is 5.75 Å². The van der Waals surface area contributed by atoms with Gasteiger partial charge >= 0.3 is 0 Å². The third-order valence-electron chi connectivity index (χ3n) is 3.97. The van der Waals surface area contributed by atoms with Crippen LogP contribution in [-0.2, 0) is 4.79 Å². The number of benzene rings is 2. The third kappa shape index (κ3) is 3.17. The van der Waals surface area contributed by atoms with Gasteiger partial charge in [0.2, 0.25) is 5.91 Å². The molecule has 3 rings (SSSR count). The molecule has 4 heteroatoms. The zero-order valence-electron chi connectivity index (χ0n) is 12.4. The van der Waals surface area contributed by atoms with Crippen LogP contribution >= 0.6 is 0 Å². The molecule has 0 saturated heterocycles. The monoisotopic (exact) mass is 294 g/mol. The molecular formula is C18H18N2O2. The number of rotatable bonds is 4. The first kappa shape index (κ1) is 14.3. The number of nitrogens with zero attached hydrogens (tertiary/aromatic N) is 1. The lowest BCUT2D eigenvalue weighted by Gasteiger charge is -2.03. The van der Waals surface area contributed by atoms with E-state index >= 15 is 0 Å². The molecule has 1 aliphatic rings. The molecule has 2 N–H and O–H groups in total. The highest BCUT2D eigenvalue weighted by atomic mass is 16.3. The molecular weight excluding hydrogens is 276 g/mol. The van der Waals surface area contributed by atoms with Gasteiger partial charge in [-0.2, -0.15) is 5.10 Å². The molecule has 1 amide bonds. The van der Waals surface area contributed by atoms with Crippen LogP contribution in [-0.4, -0.2) is 16.7 Å².